The smallest absolute Gasteiger partial charge is 0.150 e. The van der Waals surface area contributed by atoms with E-state index in [1.807, 2.05) is 25.1 Å². The Morgan fingerprint density at radius 2 is 2.05 bits per heavy atom. The number of benzene rings is 1. The van der Waals surface area contributed by atoms with Crippen LogP contribution in [0.3, 0.4) is 0 Å². The first kappa shape index (κ1) is 13.3. The van der Waals surface area contributed by atoms with Crippen LogP contribution < -0.4 is 4.74 Å². The molecule has 0 spiro atoms. The topological polar surface area (TPSA) is 35.0 Å². The predicted molar refractivity (Wildman–Crippen MR) is 83.8 cm³/mol. The molecule has 0 bridgehead atoms. The Morgan fingerprint density at radius 3 is 2.80 bits per heavy atom. The number of thiophene rings is 1. The van der Waals surface area contributed by atoms with Gasteiger partial charge in [0.1, 0.15) is 17.2 Å². The van der Waals surface area contributed by atoms with E-state index in [0.29, 0.717) is 11.8 Å². The molecule has 2 aromatic heterocycles. The van der Waals surface area contributed by atoms with Gasteiger partial charge in [0.15, 0.2) is 0 Å². The molecule has 0 fully saturated rings. The standard InChI is InChI=1S/C15H13ClN2OS/c1-3-19-11-7-5-4-6-10(11)13-9(2)12-14(20-13)15(16)18-8-17-12/h4-8H,3H2,1-2H3. The molecule has 20 heavy (non-hydrogen) atoms. The third-order valence-corrected chi connectivity index (χ3v) is 4.81. The maximum absolute atomic E-state index is 6.16. The van der Waals surface area contributed by atoms with Crippen molar-refractivity contribution in [3.63, 3.8) is 0 Å². The molecule has 0 aliphatic heterocycles. The van der Waals surface area contributed by atoms with E-state index in [4.69, 9.17) is 16.3 Å². The number of hydrogen-bond acceptors (Lipinski definition) is 4. The molecule has 0 amide bonds. The second-order valence-corrected chi connectivity index (χ2v) is 5.71. The number of hydrogen-bond donors (Lipinski definition) is 0. The number of ether oxygens (including phenoxy) is 1. The molecule has 3 nitrogen and oxygen atoms in total. The number of halogens is 1. The third kappa shape index (κ3) is 2.15. The molecule has 0 saturated heterocycles. The summed E-state index contributed by atoms with van der Waals surface area (Å²) in [6.07, 6.45) is 1.50. The van der Waals surface area contributed by atoms with Crippen LogP contribution in [0.15, 0.2) is 30.6 Å². The maximum Gasteiger partial charge on any atom is 0.150 e. The van der Waals surface area contributed by atoms with Gasteiger partial charge in [0.25, 0.3) is 0 Å². The lowest BCUT2D eigenvalue weighted by Crippen LogP contribution is -1.93. The fourth-order valence-corrected chi connectivity index (χ4v) is 3.61. The molecule has 0 radical (unpaired) electrons. The average Bonchev–Trinajstić information content (AvgIpc) is 2.79. The zero-order valence-corrected chi connectivity index (χ0v) is 12.8. The van der Waals surface area contributed by atoms with Crippen molar-refractivity contribution >= 4 is 33.2 Å². The highest BCUT2D eigenvalue weighted by molar-refractivity contribution is 7.23. The van der Waals surface area contributed by atoms with Crippen LogP contribution in [0.1, 0.15) is 12.5 Å². The Bertz CT molecular complexity index is 770. The quantitative estimate of drug-likeness (QED) is 0.657. The van der Waals surface area contributed by atoms with E-state index in [2.05, 4.69) is 23.0 Å². The van der Waals surface area contributed by atoms with Gasteiger partial charge >= 0.3 is 0 Å². The molecule has 0 aliphatic carbocycles. The largest absolute Gasteiger partial charge is 0.493 e. The van der Waals surface area contributed by atoms with Gasteiger partial charge < -0.3 is 4.74 Å². The van der Waals surface area contributed by atoms with E-state index in [9.17, 15) is 0 Å². The van der Waals surface area contributed by atoms with Crippen molar-refractivity contribution in [3.05, 3.63) is 41.3 Å². The Balaban J connectivity index is 2.25. The highest BCUT2D eigenvalue weighted by Crippen LogP contribution is 2.42. The number of aryl methyl sites for hydroxylation is 1. The Kier molecular flexibility index (Phi) is 3.59. The second-order valence-electron chi connectivity index (χ2n) is 4.33. The number of para-hydroxylation sites is 1. The molecule has 2 heterocycles. The summed E-state index contributed by atoms with van der Waals surface area (Å²) in [5.41, 5.74) is 3.10. The molecule has 102 valence electrons. The van der Waals surface area contributed by atoms with Crippen molar-refractivity contribution in [1.29, 1.82) is 0 Å². The minimum atomic E-state index is 0.503. The van der Waals surface area contributed by atoms with Gasteiger partial charge in [-0.1, -0.05) is 23.7 Å². The van der Waals surface area contributed by atoms with Crippen molar-refractivity contribution in [2.24, 2.45) is 0 Å². The molecule has 5 heteroatoms. The fraction of sp³-hybridized carbons (Fsp3) is 0.200. The van der Waals surface area contributed by atoms with Gasteiger partial charge in [-0.3, -0.25) is 0 Å². The van der Waals surface area contributed by atoms with Crippen molar-refractivity contribution in [2.45, 2.75) is 13.8 Å². The highest BCUT2D eigenvalue weighted by atomic mass is 35.5. The number of rotatable bonds is 3. The fourth-order valence-electron chi connectivity index (χ4n) is 2.19. The summed E-state index contributed by atoms with van der Waals surface area (Å²) in [6, 6.07) is 8.03. The van der Waals surface area contributed by atoms with Crippen LogP contribution in [0.25, 0.3) is 20.7 Å². The van der Waals surface area contributed by atoms with E-state index in [0.717, 1.165) is 32.0 Å². The van der Waals surface area contributed by atoms with E-state index < -0.39 is 0 Å². The summed E-state index contributed by atoms with van der Waals surface area (Å²) in [6.45, 7) is 4.68. The normalized spacial score (nSPS) is 10.9. The van der Waals surface area contributed by atoms with Gasteiger partial charge in [-0.25, -0.2) is 9.97 Å². The minimum absolute atomic E-state index is 0.503. The minimum Gasteiger partial charge on any atom is -0.493 e. The number of aromatic nitrogens is 2. The van der Waals surface area contributed by atoms with Crippen molar-refractivity contribution in [2.75, 3.05) is 6.61 Å². The third-order valence-electron chi connectivity index (χ3n) is 3.09. The first-order valence-corrected chi connectivity index (χ1v) is 7.53. The Hall–Kier alpha value is -1.65. The van der Waals surface area contributed by atoms with Crippen LogP contribution in [0, 0.1) is 6.92 Å². The molecule has 3 aromatic rings. The van der Waals surface area contributed by atoms with Gasteiger partial charge in [0.05, 0.1) is 16.8 Å². The number of nitrogens with zero attached hydrogens (tertiary/aromatic N) is 2. The predicted octanol–water partition coefficient (Wildman–Crippen LogP) is 4.72. The monoisotopic (exact) mass is 304 g/mol. The lowest BCUT2D eigenvalue weighted by atomic mass is 10.1. The van der Waals surface area contributed by atoms with Gasteiger partial charge in [-0.15, -0.1) is 11.3 Å². The van der Waals surface area contributed by atoms with Gasteiger partial charge in [0, 0.05) is 10.4 Å². The van der Waals surface area contributed by atoms with Crippen molar-refractivity contribution < 1.29 is 4.74 Å². The molecular formula is C15H13ClN2OS. The summed E-state index contributed by atoms with van der Waals surface area (Å²) in [7, 11) is 0. The molecule has 0 unspecified atom stereocenters. The molecule has 0 saturated carbocycles. The van der Waals surface area contributed by atoms with E-state index in [1.54, 1.807) is 11.3 Å². The zero-order chi connectivity index (χ0) is 14.1. The SMILES string of the molecule is CCOc1ccccc1-c1sc2c(Cl)ncnc2c1C. The molecular weight excluding hydrogens is 292 g/mol. The Morgan fingerprint density at radius 1 is 1.25 bits per heavy atom. The first-order valence-electron chi connectivity index (χ1n) is 6.34. The van der Waals surface area contributed by atoms with Crippen molar-refractivity contribution in [3.8, 4) is 16.2 Å². The Labute approximate surface area is 126 Å². The first-order chi connectivity index (χ1) is 9.72. The van der Waals surface area contributed by atoms with Gasteiger partial charge in [0.2, 0.25) is 0 Å². The van der Waals surface area contributed by atoms with Crippen LogP contribution >= 0.6 is 22.9 Å². The van der Waals surface area contributed by atoms with Crippen LogP contribution in [0.2, 0.25) is 5.15 Å². The summed E-state index contributed by atoms with van der Waals surface area (Å²) in [5.74, 6) is 0.883. The molecule has 1 aromatic carbocycles. The summed E-state index contributed by atoms with van der Waals surface area (Å²) >= 11 is 7.77. The van der Waals surface area contributed by atoms with Crippen LogP contribution in [-0.2, 0) is 0 Å². The van der Waals surface area contributed by atoms with Gasteiger partial charge in [-0.05, 0) is 31.5 Å². The van der Waals surface area contributed by atoms with E-state index in [1.165, 1.54) is 6.33 Å². The summed E-state index contributed by atoms with van der Waals surface area (Å²) in [4.78, 5) is 9.52. The van der Waals surface area contributed by atoms with Crippen LogP contribution in [-0.4, -0.2) is 16.6 Å². The van der Waals surface area contributed by atoms with Crippen LogP contribution in [0.4, 0.5) is 0 Å². The van der Waals surface area contributed by atoms with Crippen molar-refractivity contribution in [1.82, 2.24) is 9.97 Å². The zero-order valence-electron chi connectivity index (χ0n) is 11.2. The molecule has 0 atom stereocenters. The highest BCUT2D eigenvalue weighted by Gasteiger charge is 2.16. The summed E-state index contributed by atoms with van der Waals surface area (Å²) < 4.78 is 6.63. The lowest BCUT2D eigenvalue weighted by Gasteiger charge is -2.09. The molecule has 0 aliphatic rings. The lowest BCUT2D eigenvalue weighted by molar-refractivity contribution is 0.341. The van der Waals surface area contributed by atoms with Crippen LogP contribution in [0.5, 0.6) is 5.75 Å². The summed E-state index contributed by atoms with van der Waals surface area (Å²) in [5, 5.41) is 0.503. The second kappa shape index (κ2) is 5.38. The maximum atomic E-state index is 6.16. The number of fused-ring (bicyclic) bond motifs is 1. The molecule has 0 N–H and O–H groups in total. The average molecular weight is 305 g/mol. The van der Waals surface area contributed by atoms with E-state index in [-0.39, 0.29) is 0 Å². The molecule has 3 rings (SSSR count). The van der Waals surface area contributed by atoms with E-state index >= 15 is 0 Å². The van der Waals surface area contributed by atoms with Gasteiger partial charge in [-0.2, -0.15) is 0 Å².